The van der Waals surface area contributed by atoms with Crippen molar-refractivity contribution in [1.82, 2.24) is 0 Å². The van der Waals surface area contributed by atoms with Crippen LogP contribution >= 0.6 is 0 Å². The summed E-state index contributed by atoms with van der Waals surface area (Å²) in [6.07, 6.45) is 0. The molecular weight excluding hydrogens is 246 g/mol. The topological polar surface area (TPSA) is 39.2 Å². The molecule has 0 aliphatic heterocycles. The minimum absolute atomic E-state index is 0.681. The van der Waals surface area contributed by atoms with E-state index in [1.165, 1.54) is 11.1 Å². The van der Waals surface area contributed by atoms with Crippen molar-refractivity contribution in [1.29, 1.82) is 0 Å². The molecule has 4 rings (SSSR count). The van der Waals surface area contributed by atoms with Gasteiger partial charge in [0.25, 0.3) is 0 Å². The summed E-state index contributed by atoms with van der Waals surface area (Å²) >= 11 is 0. The molecule has 0 bridgehead atoms. The van der Waals surface area contributed by atoms with Gasteiger partial charge < -0.3 is 10.2 Å². The Balaban J connectivity index is 2.04. The third-order valence-electron chi connectivity index (χ3n) is 3.63. The summed E-state index contributed by atoms with van der Waals surface area (Å²) in [4.78, 5) is 0. The van der Waals surface area contributed by atoms with Crippen LogP contribution in [0.4, 0.5) is 5.69 Å². The molecule has 1 aromatic heterocycles. The van der Waals surface area contributed by atoms with E-state index in [2.05, 4.69) is 24.3 Å². The van der Waals surface area contributed by atoms with E-state index < -0.39 is 0 Å². The molecule has 0 saturated carbocycles. The van der Waals surface area contributed by atoms with Gasteiger partial charge in [-0.25, -0.2) is 0 Å². The van der Waals surface area contributed by atoms with Crippen molar-refractivity contribution in [3.63, 3.8) is 0 Å². The second kappa shape index (κ2) is 4.14. The highest BCUT2D eigenvalue weighted by Crippen LogP contribution is 2.34. The zero-order chi connectivity index (χ0) is 13.5. The van der Waals surface area contributed by atoms with Crippen LogP contribution in [0.15, 0.2) is 71.1 Å². The summed E-state index contributed by atoms with van der Waals surface area (Å²) in [5.41, 5.74) is 10.7. The molecule has 0 atom stereocenters. The Bertz CT molecular complexity index is 907. The first-order valence-electron chi connectivity index (χ1n) is 6.59. The van der Waals surface area contributed by atoms with Crippen LogP contribution in [0.2, 0.25) is 0 Å². The van der Waals surface area contributed by atoms with E-state index in [4.69, 9.17) is 10.2 Å². The molecule has 3 aromatic carbocycles. The number of para-hydroxylation sites is 1. The van der Waals surface area contributed by atoms with Gasteiger partial charge in [0, 0.05) is 10.8 Å². The lowest BCUT2D eigenvalue weighted by Gasteiger charge is -2.01. The van der Waals surface area contributed by atoms with Crippen molar-refractivity contribution < 1.29 is 4.42 Å². The van der Waals surface area contributed by atoms with Crippen molar-refractivity contribution in [3.05, 3.63) is 66.7 Å². The van der Waals surface area contributed by atoms with E-state index in [-0.39, 0.29) is 0 Å². The first-order valence-corrected chi connectivity index (χ1v) is 6.59. The number of nitrogens with two attached hydrogens (primary N) is 1. The average molecular weight is 259 g/mol. The van der Waals surface area contributed by atoms with Crippen LogP contribution < -0.4 is 5.73 Å². The fourth-order valence-corrected chi connectivity index (χ4v) is 2.63. The van der Waals surface area contributed by atoms with E-state index in [1.54, 1.807) is 0 Å². The summed E-state index contributed by atoms with van der Waals surface area (Å²) in [7, 11) is 0. The van der Waals surface area contributed by atoms with Gasteiger partial charge in [0.05, 0.1) is 5.69 Å². The van der Waals surface area contributed by atoms with E-state index >= 15 is 0 Å². The molecule has 0 saturated heterocycles. The van der Waals surface area contributed by atoms with Gasteiger partial charge in [-0.15, -0.1) is 0 Å². The quantitative estimate of drug-likeness (QED) is 0.497. The van der Waals surface area contributed by atoms with Gasteiger partial charge in [-0.2, -0.15) is 0 Å². The van der Waals surface area contributed by atoms with Gasteiger partial charge in [-0.3, -0.25) is 0 Å². The molecule has 0 radical (unpaired) electrons. The number of hydrogen-bond donors (Lipinski definition) is 1. The molecule has 0 aliphatic rings. The molecule has 0 aliphatic carbocycles. The van der Waals surface area contributed by atoms with E-state index in [1.807, 2.05) is 42.5 Å². The monoisotopic (exact) mass is 259 g/mol. The molecule has 0 amide bonds. The Labute approximate surface area is 116 Å². The normalized spacial score (nSPS) is 11.2. The van der Waals surface area contributed by atoms with Crippen LogP contribution in [0.3, 0.4) is 0 Å². The lowest BCUT2D eigenvalue weighted by Crippen LogP contribution is -1.82. The molecule has 2 heteroatoms. The Morgan fingerprint density at radius 2 is 1.55 bits per heavy atom. The standard InChI is InChI=1S/C18H13NO/c19-16-8-4-7-14-15-11-13(12-5-2-1-3-6-12)9-10-17(15)20-18(14)16/h1-11H,19H2. The van der Waals surface area contributed by atoms with E-state index in [9.17, 15) is 0 Å². The van der Waals surface area contributed by atoms with Crippen LogP contribution in [0, 0.1) is 0 Å². The van der Waals surface area contributed by atoms with Gasteiger partial charge in [-0.1, -0.05) is 48.5 Å². The Morgan fingerprint density at radius 3 is 2.40 bits per heavy atom. The smallest absolute Gasteiger partial charge is 0.158 e. The molecule has 0 unspecified atom stereocenters. The SMILES string of the molecule is Nc1cccc2c1oc1ccc(-c3ccccc3)cc12. The summed E-state index contributed by atoms with van der Waals surface area (Å²) < 4.78 is 5.85. The zero-order valence-electron chi connectivity index (χ0n) is 10.8. The molecule has 0 fully saturated rings. The second-order valence-corrected chi connectivity index (χ2v) is 4.90. The highest BCUT2D eigenvalue weighted by atomic mass is 16.3. The molecule has 2 N–H and O–H groups in total. The van der Waals surface area contributed by atoms with Gasteiger partial charge >= 0.3 is 0 Å². The molecule has 1 heterocycles. The second-order valence-electron chi connectivity index (χ2n) is 4.90. The lowest BCUT2D eigenvalue weighted by atomic mass is 10.0. The lowest BCUT2D eigenvalue weighted by molar-refractivity contribution is 0.670. The van der Waals surface area contributed by atoms with Crippen LogP contribution in [0.5, 0.6) is 0 Å². The molecular formula is C18H13NO. The van der Waals surface area contributed by atoms with Crippen molar-refractivity contribution in [3.8, 4) is 11.1 Å². The molecule has 96 valence electrons. The number of fused-ring (bicyclic) bond motifs is 3. The van der Waals surface area contributed by atoms with Crippen molar-refractivity contribution in [2.75, 3.05) is 5.73 Å². The van der Waals surface area contributed by atoms with E-state index in [0.29, 0.717) is 5.69 Å². The summed E-state index contributed by atoms with van der Waals surface area (Å²) in [5.74, 6) is 0. The maximum atomic E-state index is 5.98. The third kappa shape index (κ3) is 1.58. The number of benzene rings is 3. The maximum absolute atomic E-state index is 5.98. The molecule has 20 heavy (non-hydrogen) atoms. The van der Waals surface area contributed by atoms with E-state index in [0.717, 1.165) is 21.9 Å². The third-order valence-corrected chi connectivity index (χ3v) is 3.63. The number of nitrogen functional groups attached to an aromatic ring is 1. The van der Waals surface area contributed by atoms with Gasteiger partial charge in [0.15, 0.2) is 5.58 Å². The number of furan rings is 1. The predicted octanol–water partition coefficient (Wildman–Crippen LogP) is 4.84. The minimum atomic E-state index is 0.681. The largest absolute Gasteiger partial charge is 0.454 e. The first-order chi connectivity index (χ1) is 9.83. The van der Waals surface area contributed by atoms with Gasteiger partial charge in [-0.05, 0) is 29.3 Å². The number of rotatable bonds is 1. The van der Waals surface area contributed by atoms with Crippen molar-refractivity contribution in [2.45, 2.75) is 0 Å². The summed E-state index contributed by atoms with van der Waals surface area (Å²) in [6.45, 7) is 0. The highest BCUT2D eigenvalue weighted by Gasteiger charge is 2.09. The van der Waals surface area contributed by atoms with Gasteiger partial charge in [0.1, 0.15) is 5.58 Å². The molecule has 2 nitrogen and oxygen atoms in total. The highest BCUT2D eigenvalue weighted by molar-refractivity contribution is 6.09. The summed E-state index contributed by atoms with van der Waals surface area (Å²) in [6, 6.07) is 22.5. The number of hydrogen-bond acceptors (Lipinski definition) is 2. The van der Waals surface area contributed by atoms with Crippen LogP contribution in [0.25, 0.3) is 33.1 Å². The Hall–Kier alpha value is -2.74. The summed E-state index contributed by atoms with van der Waals surface area (Å²) in [5, 5.41) is 2.17. The predicted molar refractivity (Wildman–Crippen MR) is 83.6 cm³/mol. The Morgan fingerprint density at radius 1 is 0.700 bits per heavy atom. The average Bonchev–Trinajstić information content (AvgIpc) is 2.88. The maximum Gasteiger partial charge on any atom is 0.158 e. The van der Waals surface area contributed by atoms with Crippen LogP contribution in [0.1, 0.15) is 0 Å². The van der Waals surface area contributed by atoms with Crippen LogP contribution in [-0.4, -0.2) is 0 Å². The van der Waals surface area contributed by atoms with Crippen LogP contribution in [-0.2, 0) is 0 Å². The minimum Gasteiger partial charge on any atom is -0.454 e. The fraction of sp³-hybridized carbons (Fsp3) is 0. The fourth-order valence-electron chi connectivity index (χ4n) is 2.63. The molecule has 4 aromatic rings. The van der Waals surface area contributed by atoms with Gasteiger partial charge in [0.2, 0.25) is 0 Å². The molecule has 0 spiro atoms. The number of anilines is 1. The van der Waals surface area contributed by atoms with Crippen molar-refractivity contribution in [2.24, 2.45) is 0 Å². The Kier molecular flexibility index (Phi) is 2.30. The zero-order valence-corrected chi connectivity index (χ0v) is 10.8. The first kappa shape index (κ1) is 11.1. The van der Waals surface area contributed by atoms with Crippen molar-refractivity contribution >= 4 is 27.6 Å².